The number of hydrogen-bond acceptors (Lipinski definition) is 5. The predicted molar refractivity (Wildman–Crippen MR) is 70.9 cm³/mol. The molecular formula is C11H4F7N3O3S. The summed E-state index contributed by atoms with van der Waals surface area (Å²) in [5.41, 5.74) is -0.417. The van der Waals surface area contributed by atoms with Gasteiger partial charge in [0, 0.05) is 12.1 Å². The minimum Gasteiger partial charge on any atom is -0.296 e. The SMILES string of the molecule is O=C(Nc1nc2ccc([N+](=O)[O-])cc2s1)C(F)(F)C(F)(F)C(F)(F)F. The van der Waals surface area contributed by atoms with Gasteiger partial charge in [0.15, 0.2) is 5.13 Å². The van der Waals surface area contributed by atoms with E-state index in [9.17, 15) is 45.6 Å². The molecule has 6 nitrogen and oxygen atoms in total. The molecule has 0 fully saturated rings. The van der Waals surface area contributed by atoms with Crippen molar-refractivity contribution >= 4 is 38.3 Å². The zero-order valence-electron chi connectivity index (χ0n) is 11.4. The van der Waals surface area contributed by atoms with E-state index in [-0.39, 0.29) is 10.2 Å². The fraction of sp³-hybridized carbons (Fsp3) is 0.273. The third-order valence-corrected chi connectivity index (χ3v) is 3.77. The molecule has 0 aliphatic carbocycles. The van der Waals surface area contributed by atoms with Crippen molar-refractivity contribution in [2.75, 3.05) is 5.32 Å². The number of hydrogen-bond donors (Lipinski definition) is 1. The zero-order chi connectivity index (χ0) is 19.2. The van der Waals surface area contributed by atoms with Gasteiger partial charge in [-0.05, 0) is 6.07 Å². The van der Waals surface area contributed by atoms with Crippen LogP contribution in [0.3, 0.4) is 0 Å². The molecule has 136 valence electrons. The van der Waals surface area contributed by atoms with Crippen molar-refractivity contribution < 1.29 is 40.5 Å². The lowest BCUT2D eigenvalue weighted by Crippen LogP contribution is -2.57. The lowest BCUT2D eigenvalue weighted by atomic mass is 10.1. The van der Waals surface area contributed by atoms with E-state index >= 15 is 0 Å². The van der Waals surface area contributed by atoms with E-state index in [1.54, 1.807) is 0 Å². The summed E-state index contributed by atoms with van der Waals surface area (Å²) in [5, 5.41) is 11.0. The van der Waals surface area contributed by atoms with Crippen LogP contribution in [0.1, 0.15) is 0 Å². The van der Waals surface area contributed by atoms with E-state index in [2.05, 4.69) is 4.98 Å². The molecule has 1 N–H and O–H groups in total. The number of nitro benzene ring substituents is 1. The molecule has 0 aliphatic heterocycles. The highest BCUT2D eigenvalue weighted by molar-refractivity contribution is 7.22. The summed E-state index contributed by atoms with van der Waals surface area (Å²) in [7, 11) is 0. The van der Waals surface area contributed by atoms with E-state index < -0.39 is 39.7 Å². The Hall–Kier alpha value is -2.51. The molecule has 0 radical (unpaired) electrons. The number of alkyl halides is 7. The number of non-ortho nitro benzene ring substituents is 1. The number of amides is 1. The summed E-state index contributed by atoms with van der Waals surface area (Å²) in [4.78, 5) is 24.5. The van der Waals surface area contributed by atoms with E-state index in [0.717, 1.165) is 18.2 Å². The lowest BCUT2D eigenvalue weighted by Gasteiger charge is -2.26. The van der Waals surface area contributed by atoms with Crippen LogP contribution in [0.5, 0.6) is 0 Å². The van der Waals surface area contributed by atoms with Crippen LogP contribution in [-0.4, -0.2) is 33.8 Å². The molecule has 1 aromatic heterocycles. The Kier molecular flexibility index (Phi) is 4.36. The normalized spacial score (nSPS) is 13.1. The number of nitro groups is 1. The Morgan fingerprint density at radius 1 is 1.16 bits per heavy atom. The van der Waals surface area contributed by atoms with E-state index in [4.69, 9.17) is 0 Å². The van der Waals surface area contributed by atoms with E-state index in [0.29, 0.717) is 11.3 Å². The van der Waals surface area contributed by atoms with Crippen LogP contribution in [0, 0.1) is 10.1 Å². The summed E-state index contributed by atoms with van der Waals surface area (Å²) < 4.78 is 88.1. The van der Waals surface area contributed by atoms with Gasteiger partial charge in [-0.3, -0.25) is 20.2 Å². The molecule has 0 aliphatic rings. The van der Waals surface area contributed by atoms with E-state index in [1.165, 1.54) is 5.32 Å². The number of aromatic nitrogens is 1. The Labute approximate surface area is 136 Å². The maximum Gasteiger partial charge on any atom is 0.460 e. The zero-order valence-corrected chi connectivity index (χ0v) is 12.2. The van der Waals surface area contributed by atoms with Gasteiger partial charge < -0.3 is 0 Å². The molecule has 1 heterocycles. The third kappa shape index (κ3) is 3.20. The number of carbonyl (C=O) groups excluding carboxylic acids is 1. The number of nitrogens with zero attached hydrogens (tertiary/aromatic N) is 2. The van der Waals surface area contributed by atoms with Crippen molar-refractivity contribution in [2.45, 2.75) is 18.0 Å². The number of benzene rings is 1. The smallest absolute Gasteiger partial charge is 0.296 e. The maximum atomic E-state index is 13.2. The Morgan fingerprint density at radius 2 is 1.76 bits per heavy atom. The van der Waals surface area contributed by atoms with Crippen molar-refractivity contribution in [1.82, 2.24) is 4.98 Å². The van der Waals surface area contributed by atoms with Crippen molar-refractivity contribution in [1.29, 1.82) is 0 Å². The average molecular weight is 391 g/mol. The molecule has 0 atom stereocenters. The van der Waals surface area contributed by atoms with Crippen molar-refractivity contribution in [3.63, 3.8) is 0 Å². The summed E-state index contributed by atoms with van der Waals surface area (Å²) >= 11 is 0.384. The van der Waals surface area contributed by atoms with Crippen molar-refractivity contribution in [3.8, 4) is 0 Å². The average Bonchev–Trinajstić information content (AvgIpc) is 2.86. The third-order valence-electron chi connectivity index (χ3n) is 2.84. The number of thiazole rings is 1. The molecule has 0 unspecified atom stereocenters. The molecule has 1 amide bonds. The quantitative estimate of drug-likeness (QED) is 0.486. The van der Waals surface area contributed by atoms with Crippen LogP contribution < -0.4 is 5.32 Å². The van der Waals surface area contributed by atoms with Gasteiger partial charge in [-0.25, -0.2) is 4.98 Å². The summed E-state index contributed by atoms with van der Waals surface area (Å²) in [6.45, 7) is 0. The van der Waals surface area contributed by atoms with Gasteiger partial charge >= 0.3 is 23.9 Å². The molecular weight excluding hydrogens is 387 g/mol. The molecule has 25 heavy (non-hydrogen) atoms. The van der Waals surface area contributed by atoms with Gasteiger partial charge in [0.1, 0.15) is 0 Å². The molecule has 0 bridgehead atoms. The number of fused-ring (bicyclic) bond motifs is 1. The second kappa shape index (κ2) is 5.79. The van der Waals surface area contributed by atoms with Crippen LogP contribution in [0.4, 0.5) is 41.6 Å². The molecule has 0 spiro atoms. The minimum absolute atomic E-state index is 0.0169. The molecule has 2 aromatic rings. The molecule has 0 saturated heterocycles. The highest BCUT2D eigenvalue weighted by atomic mass is 32.1. The number of nitrogens with one attached hydrogen (secondary N) is 1. The first-order valence-electron chi connectivity index (χ1n) is 5.96. The summed E-state index contributed by atoms with van der Waals surface area (Å²) in [6, 6.07) is 3.05. The van der Waals surface area contributed by atoms with Gasteiger partial charge in [0.2, 0.25) is 0 Å². The van der Waals surface area contributed by atoms with Gasteiger partial charge in [-0.1, -0.05) is 11.3 Å². The second-order valence-electron chi connectivity index (χ2n) is 4.53. The number of carbonyl (C=O) groups is 1. The molecule has 14 heteroatoms. The predicted octanol–water partition coefficient (Wildman–Crippen LogP) is 3.98. The largest absolute Gasteiger partial charge is 0.460 e. The van der Waals surface area contributed by atoms with Crippen LogP contribution in [0.15, 0.2) is 18.2 Å². The molecule has 0 saturated carbocycles. The summed E-state index contributed by atoms with van der Waals surface area (Å²) in [5.74, 6) is -15.6. The second-order valence-corrected chi connectivity index (χ2v) is 5.56. The van der Waals surface area contributed by atoms with Gasteiger partial charge in [-0.15, -0.1) is 0 Å². The Bertz CT molecular complexity index is 849. The highest BCUT2D eigenvalue weighted by Crippen LogP contribution is 2.47. The maximum absolute atomic E-state index is 13.2. The Balaban J connectivity index is 2.31. The van der Waals surface area contributed by atoms with Crippen LogP contribution >= 0.6 is 11.3 Å². The highest BCUT2D eigenvalue weighted by Gasteiger charge is 2.76. The molecule has 1 aromatic carbocycles. The Morgan fingerprint density at radius 3 is 2.28 bits per heavy atom. The van der Waals surface area contributed by atoms with Crippen LogP contribution in [0.25, 0.3) is 10.2 Å². The van der Waals surface area contributed by atoms with Gasteiger partial charge in [0.05, 0.1) is 15.1 Å². The summed E-state index contributed by atoms with van der Waals surface area (Å²) in [6.07, 6.45) is -6.65. The first-order valence-corrected chi connectivity index (χ1v) is 6.78. The first kappa shape index (κ1) is 18.8. The molecule has 2 rings (SSSR count). The minimum atomic E-state index is -6.65. The standard InChI is InChI=1S/C11H4F7N3O3S/c12-9(13,10(14,15)11(16,17)18)7(22)20-8-19-5-2-1-4(21(23)24)3-6(5)25-8/h1-3H,(H,19,20,22). The number of rotatable bonds is 4. The number of halogens is 7. The van der Waals surface area contributed by atoms with Crippen molar-refractivity contribution in [3.05, 3.63) is 28.3 Å². The topological polar surface area (TPSA) is 85.1 Å². The van der Waals surface area contributed by atoms with Gasteiger partial charge in [0.25, 0.3) is 5.69 Å². The monoisotopic (exact) mass is 391 g/mol. The van der Waals surface area contributed by atoms with Crippen molar-refractivity contribution in [2.24, 2.45) is 0 Å². The lowest BCUT2D eigenvalue weighted by molar-refractivity contribution is -0.384. The first-order chi connectivity index (χ1) is 11.3. The van der Waals surface area contributed by atoms with Crippen LogP contribution in [-0.2, 0) is 4.79 Å². The fourth-order valence-corrected chi connectivity index (χ4v) is 2.47. The van der Waals surface area contributed by atoms with Gasteiger partial charge in [-0.2, -0.15) is 30.7 Å². The van der Waals surface area contributed by atoms with E-state index in [1.807, 2.05) is 0 Å². The van der Waals surface area contributed by atoms with Crippen LogP contribution in [0.2, 0.25) is 0 Å². The number of anilines is 1. The fourth-order valence-electron chi connectivity index (χ4n) is 1.58.